The van der Waals surface area contributed by atoms with Crippen LogP contribution in [0.15, 0.2) is 4.79 Å². The van der Waals surface area contributed by atoms with Gasteiger partial charge in [0, 0.05) is 5.92 Å². The summed E-state index contributed by atoms with van der Waals surface area (Å²) in [5, 5.41) is 11.7. The fourth-order valence-corrected chi connectivity index (χ4v) is 1.96. The predicted molar refractivity (Wildman–Crippen MR) is 70.2 cm³/mol. The summed E-state index contributed by atoms with van der Waals surface area (Å²) in [5.74, 6) is 0.534. The number of amides is 1. The molecule has 1 saturated carbocycles. The summed E-state index contributed by atoms with van der Waals surface area (Å²) in [6.45, 7) is 3.37. The Hall–Kier alpha value is -1.69. The summed E-state index contributed by atoms with van der Waals surface area (Å²) in [6, 6.07) is -0.339. The van der Waals surface area contributed by atoms with Gasteiger partial charge in [0.1, 0.15) is 11.4 Å². The number of aryl methyl sites for hydroxylation is 1. The van der Waals surface area contributed by atoms with Crippen molar-refractivity contribution in [2.24, 2.45) is 0 Å². The van der Waals surface area contributed by atoms with Gasteiger partial charge in [0.15, 0.2) is 0 Å². The number of hydrogen-bond acceptors (Lipinski definition) is 4. The van der Waals surface area contributed by atoms with E-state index in [4.69, 9.17) is 5.11 Å². The predicted octanol–water partition coefficient (Wildman–Crippen LogP) is 0.456. The number of H-pyrrole nitrogens is 1. The molecule has 0 radical (unpaired) electrons. The lowest BCUT2D eigenvalue weighted by Gasteiger charge is -2.14. The van der Waals surface area contributed by atoms with E-state index in [2.05, 4.69) is 15.3 Å². The zero-order chi connectivity index (χ0) is 14.0. The molecule has 1 amide bonds. The van der Waals surface area contributed by atoms with Gasteiger partial charge >= 0.3 is 0 Å². The molecule has 6 heteroatoms. The van der Waals surface area contributed by atoms with Crippen LogP contribution in [0.2, 0.25) is 0 Å². The van der Waals surface area contributed by atoms with E-state index >= 15 is 0 Å². The number of hydrogen-bond donors (Lipinski definition) is 3. The molecule has 0 bridgehead atoms. The third-order valence-corrected chi connectivity index (χ3v) is 3.36. The lowest BCUT2D eigenvalue weighted by atomic mass is 10.1. The summed E-state index contributed by atoms with van der Waals surface area (Å²) < 4.78 is 0. The molecule has 2 rings (SSSR count). The van der Waals surface area contributed by atoms with Crippen LogP contribution in [0.25, 0.3) is 0 Å². The van der Waals surface area contributed by atoms with Crippen molar-refractivity contribution >= 4 is 5.91 Å². The molecule has 0 spiro atoms. The molecule has 1 heterocycles. The average molecular weight is 265 g/mol. The van der Waals surface area contributed by atoms with Gasteiger partial charge in [0.2, 0.25) is 0 Å². The highest BCUT2D eigenvalue weighted by Gasteiger charge is 2.28. The van der Waals surface area contributed by atoms with Crippen molar-refractivity contribution in [3.63, 3.8) is 0 Å². The normalized spacial score (nSPS) is 16.2. The topological polar surface area (TPSA) is 95.1 Å². The molecule has 1 aliphatic carbocycles. The van der Waals surface area contributed by atoms with E-state index < -0.39 is 11.5 Å². The first kappa shape index (κ1) is 13.7. The molecule has 0 aliphatic heterocycles. The van der Waals surface area contributed by atoms with E-state index in [-0.39, 0.29) is 18.2 Å². The first-order valence-corrected chi connectivity index (χ1v) is 6.59. The van der Waals surface area contributed by atoms with Crippen molar-refractivity contribution in [3.05, 3.63) is 27.4 Å². The van der Waals surface area contributed by atoms with Gasteiger partial charge in [-0.05, 0) is 26.2 Å². The van der Waals surface area contributed by atoms with Gasteiger partial charge in [0.25, 0.3) is 11.5 Å². The van der Waals surface area contributed by atoms with E-state index in [0.717, 1.165) is 12.8 Å². The van der Waals surface area contributed by atoms with Gasteiger partial charge in [-0.2, -0.15) is 0 Å². The van der Waals surface area contributed by atoms with Gasteiger partial charge in [-0.25, -0.2) is 4.98 Å². The maximum Gasteiger partial charge on any atom is 0.264 e. The average Bonchev–Trinajstić information content (AvgIpc) is 3.19. The van der Waals surface area contributed by atoms with Crippen LogP contribution < -0.4 is 10.9 Å². The molecule has 0 saturated heterocycles. The van der Waals surface area contributed by atoms with Crippen LogP contribution in [0.5, 0.6) is 0 Å². The Morgan fingerprint density at radius 3 is 2.74 bits per heavy atom. The largest absolute Gasteiger partial charge is 0.394 e. The number of aliphatic hydroxyl groups excluding tert-OH is 1. The Kier molecular flexibility index (Phi) is 3.99. The minimum absolute atomic E-state index is 0.0382. The summed E-state index contributed by atoms with van der Waals surface area (Å²) in [5.41, 5.74) is 0.0759. The Labute approximate surface area is 111 Å². The van der Waals surface area contributed by atoms with Crippen LogP contribution in [0.1, 0.15) is 54.0 Å². The highest BCUT2D eigenvalue weighted by Crippen LogP contribution is 2.37. The van der Waals surface area contributed by atoms with Crippen molar-refractivity contribution in [2.45, 2.75) is 45.1 Å². The highest BCUT2D eigenvalue weighted by molar-refractivity contribution is 5.95. The number of aliphatic hydroxyl groups is 1. The van der Waals surface area contributed by atoms with E-state index in [1.54, 1.807) is 6.92 Å². The minimum atomic E-state index is -0.477. The molecule has 1 fully saturated rings. The molecule has 1 atom stereocenters. The van der Waals surface area contributed by atoms with E-state index in [1.807, 2.05) is 6.92 Å². The summed E-state index contributed by atoms with van der Waals surface area (Å²) >= 11 is 0. The van der Waals surface area contributed by atoms with E-state index in [9.17, 15) is 9.59 Å². The summed E-state index contributed by atoms with van der Waals surface area (Å²) in [7, 11) is 0. The maximum atomic E-state index is 12.0. The monoisotopic (exact) mass is 265 g/mol. The van der Waals surface area contributed by atoms with Crippen LogP contribution in [-0.4, -0.2) is 33.6 Å². The molecule has 6 nitrogen and oxygen atoms in total. The second-order valence-electron chi connectivity index (χ2n) is 4.95. The van der Waals surface area contributed by atoms with Gasteiger partial charge in [-0.1, -0.05) is 6.92 Å². The quantitative estimate of drug-likeness (QED) is 0.720. The molecule has 104 valence electrons. The van der Waals surface area contributed by atoms with Gasteiger partial charge in [0.05, 0.1) is 18.3 Å². The Morgan fingerprint density at radius 1 is 1.58 bits per heavy atom. The van der Waals surface area contributed by atoms with Crippen molar-refractivity contribution in [2.75, 3.05) is 6.61 Å². The fraction of sp³-hybridized carbons (Fsp3) is 0.615. The molecular formula is C13H19N3O3. The maximum absolute atomic E-state index is 12.0. The standard InChI is InChI=1S/C13H19N3O3/c1-3-9(6-17)15-12(18)10-7(2)14-11(8-4-5-8)16-13(10)19/h8-9,17H,3-6H2,1-2H3,(H,15,18)(H,14,16,19)/t9-/m1/s1. The highest BCUT2D eigenvalue weighted by atomic mass is 16.3. The number of nitrogens with one attached hydrogen (secondary N) is 2. The van der Waals surface area contributed by atoms with Crippen LogP contribution in [0, 0.1) is 6.92 Å². The minimum Gasteiger partial charge on any atom is -0.394 e. The number of carbonyl (C=O) groups excluding carboxylic acids is 1. The summed E-state index contributed by atoms with van der Waals surface area (Å²) in [4.78, 5) is 31.0. The van der Waals surface area contributed by atoms with E-state index in [1.165, 1.54) is 0 Å². The lowest BCUT2D eigenvalue weighted by molar-refractivity contribution is 0.0912. The van der Waals surface area contributed by atoms with Crippen LogP contribution in [-0.2, 0) is 0 Å². The van der Waals surface area contributed by atoms with Gasteiger partial charge < -0.3 is 15.4 Å². The Balaban J connectivity index is 2.24. The van der Waals surface area contributed by atoms with Gasteiger partial charge in [-0.15, -0.1) is 0 Å². The first-order valence-electron chi connectivity index (χ1n) is 6.59. The van der Waals surface area contributed by atoms with Crippen molar-refractivity contribution in [1.29, 1.82) is 0 Å². The van der Waals surface area contributed by atoms with E-state index in [0.29, 0.717) is 23.9 Å². The first-order chi connectivity index (χ1) is 9.06. The van der Waals surface area contributed by atoms with Crippen molar-refractivity contribution in [3.8, 4) is 0 Å². The fourth-order valence-electron chi connectivity index (χ4n) is 1.96. The lowest BCUT2D eigenvalue weighted by Crippen LogP contribution is -2.40. The third-order valence-electron chi connectivity index (χ3n) is 3.36. The summed E-state index contributed by atoms with van der Waals surface area (Å²) in [6.07, 6.45) is 2.68. The molecule has 0 aromatic carbocycles. The van der Waals surface area contributed by atoms with Crippen LogP contribution in [0.3, 0.4) is 0 Å². The Morgan fingerprint density at radius 2 is 2.26 bits per heavy atom. The number of carbonyl (C=O) groups is 1. The molecule has 0 unspecified atom stereocenters. The van der Waals surface area contributed by atoms with Crippen LogP contribution >= 0.6 is 0 Å². The molecular weight excluding hydrogens is 246 g/mol. The number of aromatic amines is 1. The van der Waals surface area contributed by atoms with Crippen molar-refractivity contribution in [1.82, 2.24) is 15.3 Å². The second kappa shape index (κ2) is 5.52. The molecule has 19 heavy (non-hydrogen) atoms. The smallest absolute Gasteiger partial charge is 0.264 e. The molecule has 1 aromatic rings. The Bertz CT molecular complexity index is 530. The number of rotatable bonds is 5. The van der Waals surface area contributed by atoms with Crippen LogP contribution in [0.4, 0.5) is 0 Å². The van der Waals surface area contributed by atoms with Crippen molar-refractivity contribution < 1.29 is 9.90 Å². The molecule has 1 aliphatic rings. The molecule has 3 N–H and O–H groups in total. The zero-order valence-corrected chi connectivity index (χ0v) is 11.2. The SMILES string of the molecule is CC[C@H](CO)NC(=O)c1c(C)nc(C2CC2)[nH]c1=O. The number of aromatic nitrogens is 2. The second-order valence-corrected chi connectivity index (χ2v) is 4.95. The molecule has 1 aromatic heterocycles. The van der Waals surface area contributed by atoms with Gasteiger partial charge in [-0.3, -0.25) is 9.59 Å². The zero-order valence-electron chi connectivity index (χ0n) is 11.2. The third kappa shape index (κ3) is 3.01. The number of nitrogens with zero attached hydrogens (tertiary/aromatic N) is 1.